The number of unbranched alkanes of at least 4 members (excludes halogenated alkanes) is 4. The summed E-state index contributed by atoms with van der Waals surface area (Å²) >= 11 is 0. The Balaban J connectivity index is 0.686. The van der Waals surface area contributed by atoms with Gasteiger partial charge in [-0.1, -0.05) is 167 Å². The van der Waals surface area contributed by atoms with E-state index in [1.165, 1.54) is 30.3 Å². The Labute approximate surface area is 864 Å². The number of aromatic nitrogens is 3. The number of hydrogen-bond acceptors (Lipinski definition) is 30. The van der Waals surface area contributed by atoms with Gasteiger partial charge >= 0.3 is 23.9 Å². The molecule has 0 radical (unpaired) electrons. The van der Waals surface area contributed by atoms with E-state index in [2.05, 4.69) is 114 Å². The highest BCUT2D eigenvalue weighted by Gasteiger charge is 2.37. The van der Waals surface area contributed by atoms with Crippen LogP contribution in [0.2, 0.25) is 0 Å². The van der Waals surface area contributed by atoms with Crippen molar-refractivity contribution in [2.24, 2.45) is 26.1 Å². The molecule has 8 aromatic rings. The minimum Gasteiger partial charge on any atom is -0.481 e. The topological polar surface area (TPSA) is 591 Å². The van der Waals surface area contributed by atoms with Crippen LogP contribution in [0.15, 0.2) is 208 Å². The van der Waals surface area contributed by atoms with Crippen LogP contribution in [0.25, 0.3) is 44.8 Å². The molecule has 0 aliphatic carbocycles. The first-order valence-corrected chi connectivity index (χ1v) is 50.9. The summed E-state index contributed by atoms with van der Waals surface area (Å²) in [6.07, 6.45) is 5.28. The number of carboxylic acids is 4. The molecule has 5 aromatic carbocycles. The Morgan fingerprint density at radius 3 is 1.26 bits per heavy atom. The number of rotatable bonds is 66. The van der Waals surface area contributed by atoms with Crippen molar-refractivity contribution in [2.75, 3.05) is 110 Å². The molecule has 0 bridgehead atoms. The smallest absolute Gasteiger partial charge is 0.305 e. The predicted molar refractivity (Wildman–Crippen MR) is 554 cm³/mol. The number of benzene rings is 5. The van der Waals surface area contributed by atoms with E-state index in [4.69, 9.17) is 19.4 Å². The Bertz CT molecular complexity index is 5940. The standard InChI is InChI=1S/C104H132N22O22S/c1-103(2,49-21-25-61-147-90-65-79(73-29-9-5-10-30-73)63-82(111-90)75-33-13-7-14-34-75)101-115-117-119-125(101)55-23-19-39-86(127)105-51-27-53-107-88(129)69-121(57-45-95(134)135)93(132)71-123(59-47-97(138)139)92(131)44-42-81(113-99(142)78-41-43-85(109-67-78)114-110-68-77-37-17-18-38-84(77)149(144,145)146)100(143)124(60-48-98(140)141)72-94(133)122(58-46-96(136)137)70-89(130)108-54-28-52-106-87(128)40-20-24-56-126-102(116-118-120-126)104(3,4)50-22-26-62-148-91-66-80(74-31-11-6-12-32-74)64-83(112-91)76-35-15-8-16-36-76/h5-18,29-38,41,43,63-68,81,117-120H,19-28,39-40,42,44-62,69-72H2,1-4H3,(H,105,127)(H,106,128)(H,107,129)(H,108,130)(H,109,114)(H,113,142)(H,134,135)(H,136,137)(H,138,139)(H,140,141)(H,144,145,146)/b110-68+/t81-/m0/s1. The van der Waals surface area contributed by atoms with Crippen molar-refractivity contribution in [1.82, 2.24) is 93.3 Å². The molecule has 10 rings (SSSR count). The fraction of sp³-hybridized carbons (Fsp3) is 0.413. The lowest BCUT2D eigenvalue weighted by molar-refractivity contribution is -0.146. The highest BCUT2D eigenvalue weighted by atomic mass is 32.2. The third-order valence-corrected chi connectivity index (χ3v) is 25.2. The van der Waals surface area contributed by atoms with E-state index in [0.717, 1.165) is 128 Å². The van der Waals surface area contributed by atoms with Gasteiger partial charge in [-0.3, -0.25) is 82.3 Å². The highest BCUT2D eigenvalue weighted by Crippen LogP contribution is 2.34. The summed E-state index contributed by atoms with van der Waals surface area (Å²) in [5.74, 6) is -10.6. The zero-order valence-corrected chi connectivity index (χ0v) is 84.8. The molecule has 2 aliphatic heterocycles. The third kappa shape index (κ3) is 39.4. The fourth-order valence-corrected chi connectivity index (χ4v) is 16.9. The number of hydrazone groups is 3. The molecule has 3 aromatic heterocycles. The summed E-state index contributed by atoms with van der Waals surface area (Å²) in [5.41, 5.74) is 21.1. The number of hydrogen-bond donors (Lipinski definition) is 15. The maximum atomic E-state index is 15.1. The maximum Gasteiger partial charge on any atom is 0.305 e. The first kappa shape index (κ1) is 115. The van der Waals surface area contributed by atoms with Crippen LogP contribution >= 0.6 is 0 Å². The van der Waals surface area contributed by atoms with Gasteiger partial charge in [-0.15, -0.1) is 21.3 Å². The van der Waals surface area contributed by atoms with Crippen LogP contribution in [0.5, 0.6) is 11.8 Å². The number of pyridine rings is 3. The maximum absolute atomic E-state index is 15.1. The van der Waals surface area contributed by atoms with Gasteiger partial charge in [0.05, 0.1) is 88.2 Å². The number of hydrazine groups is 4. The van der Waals surface area contributed by atoms with Crippen LogP contribution in [0, 0.1) is 10.8 Å². The second kappa shape index (κ2) is 59.0. The van der Waals surface area contributed by atoms with Crippen molar-refractivity contribution < 1.29 is 105 Å². The summed E-state index contributed by atoms with van der Waals surface area (Å²) in [5, 5.41) is 69.6. The van der Waals surface area contributed by atoms with Gasteiger partial charge < -0.3 is 76.1 Å². The van der Waals surface area contributed by atoms with E-state index in [-0.39, 0.29) is 91.5 Å². The lowest BCUT2D eigenvalue weighted by Gasteiger charge is -2.30. The average molecular weight is 2070 g/mol. The van der Waals surface area contributed by atoms with Crippen LogP contribution in [-0.2, 0) is 67.7 Å². The van der Waals surface area contributed by atoms with Gasteiger partial charge in [0, 0.05) is 131 Å². The largest absolute Gasteiger partial charge is 0.481 e. The van der Waals surface area contributed by atoms with E-state index in [0.29, 0.717) is 68.6 Å². The molecule has 5 heterocycles. The van der Waals surface area contributed by atoms with Gasteiger partial charge in [0.1, 0.15) is 28.4 Å². The number of ether oxygens (including phenoxy) is 2. The van der Waals surface area contributed by atoms with Gasteiger partial charge in [-0.25, -0.2) is 26.0 Å². The molecule has 0 saturated carbocycles. The molecule has 0 unspecified atom stereocenters. The molecule has 0 fully saturated rings. The molecule has 15 N–H and O–H groups in total. The van der Waals surface area contributed by atoms with Crippen molar-refractivity contribution in [3.63, 3.8) is 0 Å². The van der Waals surface area contributed by atoms with Crippen LogP contribution < -0.4 is 63.6 Å². The number of aliphatic carboxylic acids is 4. The molecule has 45 heteroatoms. The van der Waals surface area contributed by atoms with Gasteiger partial charge in [-0.05, 0) is 136 Å². The number of anilines is 1. The Morgan fingerprint density at radius 1 is 0.436 bits per heavy atom. The highest BCUT2D eigenvalue weighted by molar-refractivity contribution is 7.86. The van der Waals surface area contributed by atoms with Gasteiger partial charge in [0.15, 0.2) is 0 Å². The molecule has 2 aliphatic rings. The second-order valence-corrected chi connectivity index (χ2v) is 38.2. The summed E-state index contributed by atoms with van der Waals surface area (Å²) in [6, 6.07) is 53.8. The van der Waals surface area contributed by atoms with Crippen LogP contribution in [0.3, 0.4) is 0 Å². The number of carbonyl (C=O) groups is 13. The molecule has 0 saturated heterocycles. The van der Waals surface area contributed by atoms with E-state index in [1.54, 1.807) is 0 Å². The summed E-state index contributed by atoms with van der Waals surface area (Å²) in [6.45, 7) is 4.39. The van der Waals surface area contributed by atoms with Crippen LogP contribution in [0.4, 0.5) is 5.82 Å². The van der Waals surface area contributed by atoms with Crippen molar-refractivity contribution in [1.29, 1.82) is 0 Å². The minimum atomic E-state index is -4.67. The Hall–Kier alpha value is -15.9. The molecule has 0 spiro atoms. The van der Waals surface area contributed by atoms with Crippen molar-refractivity contribution in [2.45, 2.75) is 167 Å². The normalized spacial score (nSPS) is 12.5. The van der Waals surface area contributed by atoms with Gasteiger partial charge in [0.25, 0.3) is 16.0 Å². The first-order valence-electron chi connectivity index (χ1n) is 49.5. The summed E-state index contributed by atoms with van der Waals surface area (Å²) in [7, 11) is -4.67. The molecular formula is C104H132N22O22S. The Kier molecular flexibility index (Phi) is 45.6. The molecule has 149 heavy (non-hydrogen) atoms. The van der Waals surface area contributed by atoms with Crippen molar-refractivity contribution >= 4 is 111 Å². The van der Waals surface area contributed by atoms with E-state index in [1.807, 2.05) is 143 Å². The zero-order valence-electron chi connectivity index (χ0n) is 84.0. The monoisotopic (exact) mass is 2070 g/mol. The average Bonchev–Trinajstić information content (AvgIpc) is 1.76. The number of amides is 9. The lowest BCUT2D eigenvalue weighted by Crippen LogP contribution is -2.53. The van der Waals surface area contributed by atoms with Crippen LogP contribution in [0.1, 0.15) is 172 Å². The third-order valence-electron chi connectivity index (χ3n) is 24.3. The zero-order chi connectivity index (χ0) is 107. The SMILES string of the molecule is CC(C)(CCCCOc1cc(-c2ccccc2)cc(-c2ccccc2)n1)C1=NNNN1CCCCC(=O)NCCCNC(=O)CN(CCC(=O)O)C(=O)CN(CCC(=O)O)C(=O)CC[C@H](NC(=O)c1ccc(N/N=C/c2ccccc2S(=O)(=O)O)nc1)C(=O)N(CCC(=O)O)CC(=O)N(CCC(=O)O)CC(=O)NCCCNC(=O)CCCCN1NNN=C1C(C)(C)CCCCOc1cc(-c2ccccc2)cc(-c2ccccc2)n1. The molecule has 1 atom stereocenters. The molecule has 796 valence electrons. The Morgan fingerprint density at radius 2 is 0.839 bits per heavy atom. The van der Waals surface area contributed by atoms with Gasteiger partial charge in [-0.2, -0.15) is 13.5 Å². The number of nitrogens with one attached hydrogen (secondary N) is 10. The van der Waals surface area contributed by atoms with Crippen molar-refractivity contribution in [3.05, 3.63) is 199 Å². The van der Waals surface area contributed by atoms with E-state index < -0.39 is 177 Å². The number of carboxylic acid groups (broad SMARTS) is 4. The number of amidine groups is 2. The fourth-order valence-electron chi connectivity index (χ4n) is 16.2. The van der Waals surface area contributed by atoms with Crippen LogP contribution in [-0.4, -0.2) is 284 Å². The van der Waals surface area contributed by atoms with Crippen molar-refractivity contribution in [3.8, 4) is 56.5 Å². The number of carbonyl (C=O) groups excluding carboxylic acids is 9. The summed E-state index contributed by atoms with van der Waals surface area (Å²) < 4.78 is 46.2. The minimum absolute atomic E-state index is 0.0177. The van der Waals surface area contributed by atoms with E-state index >= 15 is 4.79 Å². The number of nitrogens with zero attached hydrogens (tertiary/aromatic N) is 12. The second-order valence-electron chi connectivity index (χ2n) is 36.8. The molecule has 44 nitrogen and oxygen atoms in total. The first-order chi connectivity index (χ1) is 71.5. The predicted octanol–water partition coefficient (Wildman–Crippen LogP) is 8.74. The lowest BCUT2D eigenvalue weighted by atomic mass is 9.85. The quantitative estimate of drug-likeness (QED) is 0.00732. The molecule has 9 amide bonds. The molecular weight excluding hydrogens is 1940 g/mol. The summed E-state index contributed by atoms with van der Waals surface area (Å²) in [4.78, 5) is 191. The van der Waals surface area contributed by atoms with Gasteiger partial charge in [0.2, 0.25) is 59.0 Å². The van der Waals surface area contributed by atoms with E-state index in [9.17, 15) is 90.9 Å².